The van der Waals surface area contributed by atoms with Gasteiger partial charge in [0, 0.05) is 24.2 Å². The van der Waals surface area contributed by atoms with Gasteiger partial charge in [-0.25, -0.2) is 4.52 Å². The molecule has 4 heterocycles. The Morgan fingerprint density at radius 3 is 2.77 bits per heavy atom. The minimum Gasteiger partial charge on any atom is -0.495 e. The Kier molecular flexibility index (Phi) is 7.43. The van der Waals surface area contributed by atoms with Crippen LogP contribution < -0.4 is 15.4 Å². The molecule has 228 valence electrons. The first kappa shape index (κ1) is 29.5. The van der Waals surface area contributed by atoms with E-state index in [2.05, 4.69) is 39.5 Å². The lowest BCUT2D eigenvalue weighted by atomic mass is 9.96. The molecule has 2 saturated heterocycles. The van der Waals surface area contributed by atoms with Crippen LogP contribution in [-0.2, 0) is 0 Å². The monoisotopic (exact) mass is 614 g/mol. The number of hydrogen-bond acceptors (Lipinski definition) is 8. The van der Waals surface area contributed by atoms with Crippen molar-refractivity contribution < 1.29 is 27.8 Å². The molecule has 2 aromatic heterocycles. The first-order valence-corrected chi connectivity index (χ1v) is 14.8. The number of alkyl halides is 3. The molecule has 13 heteroatoms. The second kappa shape index (κ2) is 10.8. The number of β-amino-alcohol motifs (C(OH)–C–C–N with tert-alkyl or cyclic N) is 1. The number of nitrogens with zero attached hydrogens (tertiary/aromatic N) is 4. The van der Waals surface area contributed by atoms with Gasteiger partial charge < -0.3 is 30.3 Å². The average Bonchev–Trinajstić information content (AvgIpc) is 3.53. The van der Waals surface area contributed by atoms with Crippen molar-refractivity contribution in [2.24, 2.45) is 5.92 Å². The third kappa shape index (κ3) is 6.09. The van der Waals surface area contributed by atoms with Crippen LogP contribution in [0.25, 0.3) is 5.52 Å². The highest BCUT2D eigenvalue weighted by Gasteiger charge is 2.56. The van der Waals surface area contributed by atoms with Crippen LogP contribution >= 0.6 is 11.8 Å². The number of anilines is 2. The fourth-order valence-corrected chi connectivity index (χ4v) is 6.71. The van der Waals surface area contributed by atoms with Crippen LogP contribution in [0.3, 0.4) is 0 Å². The summed E-state index contributed by atoms with van der Waals surface area (Å²) in [6, 6.07) is 10.2. The number of halogens is 3. The molecule has 3 fully saturated rings. The van der Waals surface area contributed by atoms with E-state index in [-0.39, 0.29) is 53.4 Å². The number of rotatable bonds is 7. The summed E-state index contributed by atoms with van der Waals surface area (Å²) in [5, 5.41) is 21.2. The van der Waals surface area contributed by atoms with Gasteiger partial charge in [0.25, 0.3) is 5.91 Å². The molecule has 0 spiro atoms. The summed E-state index contributed by atoms with van der Waals surface area (Å²) in [6.07, 6.45) is 1.99. The molecule has 1 aliphatic carbocycles. The third-order valence-electron chi connectivity index (χ3n) is 8.28. The van der Waals surface area contributed by atoms with E-state index < -0.39 is 11.1 Å². The van der Waals surface area contributed by atoms with E-state index in [1.165, 1.54) is 11.6 Å². The number of nitrogens with one attached hydrogen (secondary N) is 2. The molecule has 0 radical (unpaired) electrons. The highest BCUT2D eigenvalue weighted by atomic mass is 32.2. The molecule has 3 aliphatic rings. The predicted molar refractivity (Wildman–Crippen MR) is 159 cm³/mol. The third-order valence-corrected chi connectivity index (χ3v) is 9.12. The Bertz CT molecular complexity index is 1620. The zero-order valence-corrected chi connectivity index (χ0v) is 24.9. The second-order valence-electron chi connectivity index (χ2n) is 11.9. The van der Waals surface area contributed by atoms with E-state index in [1.54, 1.807) is 42.2 Å². The lowest BCUT2D eigenvalue weighted by molar-refractivity contribution is -0.0668. The largest absolute Gasteiger partial charge is 0.495 e. The normalized spacial score (nSPS) is 22.7. The van der Waals surface area contributed by atoms with Crippen LogP contribution in [-0.4, -0.2) is 94.0 Å². The molecule has 0 bridgehead atoms. The Balaban J connectivity index is 1.20. The molecule has 9 nitrogen and oxygen atoms in total. The van der Waals surface area contributed by atoms with Crippen LogP contribution in [0.1, 0.15) is 35.8 Å². The number of carbonyl (C=O) groups is 1. The van der Waals surface area contributed by atoms with E-state index in [1.807, 2.05) is 6.07 Å². The number of piperidine rings is 1. The van der Waals surface area contributed by atoms with Gasteiger partial charge in [-0.3, -0.25) is 4.79 Å². The predicted octanol–water partition coefficient (Wildman–Crippen LogP) is 4.13. The van der Waals surface area contributed by atoms with Gasteiger partial charge in [-0.1, -0.05) is 12.0 Å². The minimum absolute atomic E-state index is 0.0395. The number of methoxy groups -OCH3 is 1. The fraction of sp³-hybridized carbons (Fsp3) is 0.467. The van der Waals surface area contributed by atoms with E-state index in [0.29, 0.717) is 34.3 Å². The van der Waals surface area contributed by atoms with Crippen LogP contribution in [0.5, 0.6) is 5.75 Å². The number of pyridine rings is 1. The van der Waals surface area contributed by atoms with E-state index in [9.17, 15) is 23.1 Å². The van der Waals surface area contributed by atoms with Gasteiger partial charge >= 0.3 is 5.51 Å². The number of likely N-dealkylation sites (tertiary alicyclic amines) is 2. The maximum absolute atomic E-state index is 13.6. The number of thioether (sulfide) groups is 1. The van der Waals surface area contributed by atoms with E-state index in [0.717, 1.165) is 25.9 Å². The van der Waals surface area contributed by atoms with E-state index in [4.69, 9.17) is 4.74 Å². The average molecular weight is 615 g/mol. The van der Waals surface area contributed by atoms with Crippen molar-refractivity contribution in [3.05, 3.63) is 47.7 Å². The van der Waals surface area contributed by atoms with Gasteiger partial charge in [-0.2, -0.15) is 18.3 Å². The standard InChI is InChI=1S/C30H33F3N6O3S/c1-28(41)17-38(18-28)27(40)19-9-10-21(24(14-19)42-3)34-12-5-6-22-26(43-30(31,32)33)23-7-4-8-25(39(23)36-22)35-29-11-13-37(2)16-20(29)15-29/h4,7-10,14,20,34-35,41H,11-13,15-18H2,1-3H3/t20-,29?/m1/s1. The Labute approximate surface area is 251 Å². The second-order valence-corrected chi connectivity index (χ2v) is 12.9. The number of aromatic nitrogens is 2. The van der Waals surface area contributed by atoms with Gasteiger partial charge in [-0.05, 0) is 80.7 Å². The lowest BCUT2D eigenvalue weighted by Gasteiger charge is -2.44. The van der Waals surface area contributed by atoms with Gasteiger partial charge in [0.05, 0.1) is 48.4 Å². The van der Waals surface area contributed by atoms with E-state index >= 15 is 0 Å². The number of amides is 1. The molecule has 1 amide bonds. The van der Waals surface area contributed by atoms with Gasteiger partial charge in [0.2, 0.25) is 0 Å². The summed E-state index contributed by atoms with van der Waals surface area (Å²) in [7, 11) is 3.58. The molecular formula is C30H33F3N6O3S. The van der Waals surface area contributed by atoms with Crippen molar-refractivity contribution in [3.63, 3.8) is 0 Å². The van der Waals surface area contributed by atoms with Crippen molar-refractivity contribution in [3.8, 4) is 17.6 Å². The van der Waals surface area contributed by atoms with Crippen molar-refractivity contribution >= 4 is 34.7 Å². The maximum Gasteiger partial charge on any atom is 0.446 e. The highest BCUT2D eigenvalue weighted by molar-refractivity contribution is 8.00. The highest BCUT2D eigenvalue weighted by Crippen LogP contribution is 2.51. The molecular weight excluding hydrogens is 581 g/mol. The quantitative estimate of drug-likeness (QED) is 0.270. The number of hydrogen-bond donors (Lipinski definition) is 3. The summed E-state index contributed by atoms with van der Waals surface area (Å²) < 4.78 is 47.8. The molecule has 1 aromatic carbocycles. The molecule has 3 N–H and O–H groups in total. The van der Waals surface area contributed by atoms with Crippen LogP contribution in [0.15, 0.2) is 41.3 Å². The number of ether oxygens (including phenoxy) is 1. The number of carbonyl (C=O) groups excluding carboxylic acids is 1. The molecule has 2 atom stereocenters. The van der Waals surface area contributed by atoms with Crippen molar-refractivity contribution in [1.29, 1.82) is 0 Å². The fourth-order valence-electron chi connectivity index (χ4n) is 6.04. The molecule has 2 aliphatic heterocycles. The molecule has 1 unspecified atom stereocenters. The Hall–Kier alpha value is -3.60. The minimum atomic E-state index is -4.51. The number of benzene rings is 1. The SMILES string of the molecule is COc1cc(C(=O)N2CC(C)(O)C2)ccc1NCC#Cc1nn2c(NC34CCN(C)C[C@H]3C4)cccc2c1SC(F)(F)F. The maximum atomic E-state index is 13.6. The topological polar surface area (TPSA) is 94.4 Å². The van der Waals surface area contributed by atoms with Crippen LogP contribution in [0, 0.1) is 17.8 Å². The number of aliphatic hydroxyl groups is 1. The summed E-state index contributed by atoms with van der Waals surface area (Å²) >= 11 is -0.211. The lowest BCUT2D eigenvalue weighted by Crippen LogP contribution is -2.61. The van der Waals surface area contributed by atoms with Crippen molar-refractivity contribution in [1.82, 2.24) is 19.4 Å². The smallest absolute Gasteiger partial charge is 0.446 e. The Morgan fingerprint density at radius 1 is 1.28 bits per heavy atom. The van der Waals surface area contributed by atoms with Crippen molar-refractivity contribution in [2.75, 3.05) is 57.5 Å². The summed E-state index contributed by atoms with van der Waals surface area (Å²) in [5.41, 5.74) is -4.04. The summed E-state index contributed by atoms with van der Waals surface area (Å²) in [5.74, 6) is 7.09. The Morgan fingerprint density at radius 2 is 2.07 bits per heavy atom. The van der Waals surface area contributed by atoms with Gasteiger partial charge in [0.1, 0.15) is 17.3 Å². The number of fused-ring (bicyclic) bond motifs is 2. The molecule has 1 saturated carbocycles. The molecule has 3 aromatic rings. The first-order valence-electron chi connectivity index (χ1n) is 14.0. The van der Waals surface area contributed by atoms with Crippen LogP contribution in [0.4, 0.5) is 24.7 Å². The zero-order chi connectivity index (χ0) is 30.6. The molecule has 6 rings (SSSR count). The first-order chi connectivity index (χ1) is 20.4. The van der Waals surface area contributed by atoms with Gasteiger partial charge in [-0.15, -0.1) is 0 Å². The summed E-state index contributed by atoms with van der Waals surface area (Å²) in [6.45, 7) is 4.26. The summed E-state index contributed by atoms with van der Waals surface area (Å²) in [4.78, 5) is 16.5. The van der Waals surface area contributed by atoms with Crippen molar-refractivity contribution in [2.45, 2.75) is 41.3 Å². The van der Waals surface area contributed by atoms with Gasteiger partial charge in [0.15, 0.2) is 0 Å². The molecule has 43 heavy (non-hydrogen) atoms. The van der Waals surface area contributed by atoms with Crippen LogP contribution in [0.2, 0.25) is 0 Å². The zero-order valence-electron chi connectivity index (χ0n) is 24.1.